The van der Waals surface area contributed by atoms with Crippen molar-refractivity contribution >= 4 is 22.2 Å². The summed E-state index contributed by atoms with van der Waals surface area (Å²) in [6.45, 7) is 4.56. The molecule has 0 aliphatic carbocycles. The number of amides is 1. The molecule has 1 aliphatic rings. The number of aromatic nitrogens is 2. The number of nitrogens with zero attached hydrogens (tertiary/aromatic N) is 3. The number of carbonyl (C=O) groups excluding carboxylic acids is 1. The van der Waals surface area contributed by atoms with E-state index < -0.39 is 0 Å². The third-order valence-electron chi connectivity index (χ3n) is 2.91. The van der Waals surface area contributed by atoms with Gasteiger partial charge in [-0.2, -0.15) is 0 Å². The van der Waals surface area contributed by atoms with Crippen LogP contribution in [0.25, 0.3) is 4.96 Å². The van der Waals surface area contributed by atoms with Gasteiger partial charge in [-0.3, -0.25) is 9.20 Å². The van der Waals surface area contributed by atoms with E-state index >= 15 is 0 Å². The number of carbonyl (C=O) groups is 1. The Balaban J connectivity index is 1.89. The first-order valence-electron chi connectivity index (χ1n) is 5.56. The molecule has 1 amide bonds. The summed E-state index contributed by atoms with van der Waals surface area (Å²) in [5.74, 6) is 0.00333. The fraction of sp³-hybridized carbons (Fsp3) is 0.455. The van der Waals surface area contributed by atoms with Crippen LogP contribution in [0.2, 0.25) is 0 Å². The minimum absolute atomic E-state index is 0.00333. The first-order chi connectivity index (χ1) is 8.25. The van der Waals surface area contributed by atoms with E-state index in [1.165, 1.54) is 0 Å². The van der Waals surface area contributed by atoms with Crippen LogP contribution in [0.3, 0.4) is 0 Å². The van der Waals surface area contributed by atoms with E-state index in [0.29, 0.717) is 32.0 Å². The lowest BCUT2D eigenvalue weighted by molar-refractivity contribution is 0.0299. The molecular formula is C11H13N3O2S. The molecule has 1 aliphatic heterocycles. The molecule has 0 spiro atoms. The minimum atomic E-state index is 0.00333. The van der Waals surface area contributed by atoms with E-state index in [0.717, 1.165) is 10.7 Å². The molecule has 5 nitrogen and oxygen atoms in total. The highest BCUT2D eigenvalue weighted by Crippen LogP contribution is 2.17. The van der Waals surface area contributed by atoms with E-state index in [9.17, 15) is 4.79 Å². The number of morpholine rings is 1. The number of hydrogen-bond acceptors (Lipinski definition) is 4. The molecule has 0 aromatic carbocycles. The van der Waals surface area contributed by atoms with Gasteiger partial charge in [-0.15, -0.1) is 11.3 Å². The Labute approximate surface area is 103 Å². The van der Waals surface area contributed by atoms with Gasteiger partial charge in [0.25, 0.3) is 5.91 Å². The molecule has 0 radical (unpaired) electrons. The van der Waals surface area contributed by atoms with Crippen LogP contribution in [-0.2, 0) is 4.74 Å². The third kappa shape index (κ3) is 1.83. The second-order valence-corrected chi connectivity index (χ2v) is 4.90. The van der Waals surface area contributed by atoms with E-state index in [1.54, 1.807) is 16.2 Å². The van der Waals surface area contributed by atoms with Crippen LogP contribution in [0.4, 0.5) is 0 Å². The fourth-order valence-corrected chi connectivity index (χ4v) is 2.78. The molecule has 1 fully saturated rings. The van der Waals surface area contributed by atoms with Crippen molar-refractivity contribution in [3.05, 3.63) is 23.0 Å². The molecule has 2 aromatic rings. The highest BCUT2D eigenvalue weighted by atomic mass is 32.1. The maximum Gasteiger partial charge on any atom is 0.274 e. The summed E-state index contributed by atoms with van der Waals surface area (Å²) in [6, 6.07) is 0. The van der Waals surface area contributed by atoms with Gasteiger partial charge in [-0.25, -0.2) is 4.98 Å². The lowest BCUT2D eigenvalue weighted by Crippen LogP contribution is -2.40. The van der Waals surface area contributed by atoms with Crippen molar-refractivity contribution in [3.8, 4) is 0 Å². The van der Waals surface area contributed by atoms with Crippen LogP contribution in [0, 0.1) is 6.92 Å². The van der Waals surface area contributed by atoms with Crippen LogP contribution < -0.4 is 0 Å². The average Bonchev–Trinajstić information content (AvgIpc) is 2.92. The number of fused-ring (bicyclic) bond motifs is 1. The number of aryl methyl sites for hydroxylation is 1. The van der Waals surface area contributed by atoms with Crippen molar-refractivity contribution in [3.63, 3.8) is 0 Å². The second-order valence-electron chi connectivity index (χ2n) is 4.06. The van der Waals surface area contributed by atoms with Crippen LogP contribution in [0.1, 0.15) is 16.2 Å². The number of thiazole rings is 1. The molecule has 3 rings (SSSR count). The normalized spacial score (nSPS) is 16.6. The molecule has 0 bridgehead atoms. The molecule has 6 heteroatoms. The number of hydrogen-bond donors (Lipinski definition) is 0. The lowest BCUT2D eigenvalue weighted by Gasteiger charge is -2.25. The van der Waals surface area contributed by atoms with Gasteiger partial charge in [0, 0.05) is 30.4 Å². The highest BCUT2D eigenvalue weighted by molar-refractivity contribution is 7.15. The van der Waals surface area contributed by atoms with Gasteiger partial charge in [-0.1, -0.05) is 0 Å². The zero-order chi connectivity index (χ0) is 11.8. The van der Waals surface area contributed by atoms with Gasteiger partial charge in [0.2, 0.25) is 0 Å². The quantitative estimate of drug-likeness (QED) is 0.764. The molecule has 2 aromatic heterocycles. The standard InChI is InChI=1S/C11H13N3O2S/c1-8-7-17-11-12-9(6-14(8)11)10(15)13-2-4-16-5-3-13/h6-7H,2-5H2,1H3. The van der Waals surface area contributed by atoms with E-state index in [1.807, 2.05) is 22.9 Å². The predicted molar refractivity (Wildman–Crippen MR) is 64.5 cm³/mol. The molecule has 1 saturated heterocycles. The number of imidazole rings is 1. The molecule has 90 valence electrons. The van der Waals surface area contributed by atoms with Crippen LogP contribution in [0.5, 0.6) is 0 Å². The van der Waals surface area contributed by atoms with Gasteiger partial charge in [0.1, 0.15) is 5.69 Å². The molecular weight excluding hydrogens is 238 g/mol. The monoisotopic (exact) mass is 251 g/mol. The summed E-state index contributed by atoms with van der Waals surface area (Å²) in [5, 5.41) is 2.03. The Hall–Kier alpha value is -1.40. The van der Waals surface area contributed by atoms with Crippen molar-refractivity contribution in [1.29, 1.82) is 0 Å². The summed E-state index contributed by atoms with van der Waals surface area (Å²) in [7, 11) is 0. The summed E-state index contributed by atoms with van der Waals surface area (Å²) in [6.07, 6.45) is 1.82. The highest BCUT2D eigenvalue weighted by Gasteiger charge is 2.21. The van der Waals surface area contributed by atoms with Gasteiger partial charge in [0.15, 0.2) is 4.96 Å². The Morgan fingerprint density at radius 1 is 1.47 bits per heavy atom. The van der Waals surface area contributed by atoms with Crippen molar-refractivity contribution in [2.45, 2.75) is 6.92 Å². The van der Waals surface area contributed by atoms with E-state index in [4.69, 9.17) is 4.74 Å². The minimum Gasteiger partial charge on any atom is -0.378 e. The van der Waals surface area contributed by atoms with Crippen molar-refractivity contribution in [2.24, 2.45) is 0 Å². The Kier molecular flexibility index (Phi) is 2.60. The summed E-state index contributed by atoms with van der Waals surface area (Å²) >= 11 is 1.56. The molecule has 3 heterocycles. The van der Waals surface area contributed by atoms with Crippen molar-refractivity contribution in [2.75, 3.05) is 26.3 Å². The Bertz CT molecular complexity index is 554. The van der Waals surface area contributed by atoms with E-state index in [-0.39, 0.29) is 5.91 Å². The van der Waals surface area contributed by atoms with Gasteiger partial charge in [0.05, 0.1) is 13.2 Å². The number of ether oxygens (including phenoxy) is 1. The molecule has 0 unspecified atom stereocenters. The topological polar surface area (TPSA) is 46.8 Å². The van der Waals surface area contributed by atoms with Crippen molar-refractivity contribution in [1.82, 2.24) is 14.3 Å². The fourth-order valence-electron chi connectivity index (χ4n) is 1.93. The molecule has 0 saturated carbocycles. The zero-order valence-electron chi connectivity index (χ0n) is 9.55. The largest absolute Gasteiger partial charge is 0.378 e. The van der Waals surface area contributed by atoms with Crippen LogP contribution >= 0.6 is 11.3 Å². The Morgan fingerprint density at radius 2 is 2.24 bits per heavy atom. The van der Waals surface area contributed by atoms with Gasteiger partial charge in [-0.05, 0) is 6.92 Å². The number of rotatable bonds is 1. The van der Waals surface area contributed by atoms with Crippen molar-refractivity contribution < 1.29 is 9.53 Å². The van der Waals surface area contributed by atoms with Gasteiger partial charge < -0.3 is 9.64 Å². The van der Waals surface area contributed by atoms with Crippen LogP contribution in [-0.4, -0.2) is 46.5 Å². The average molecular weight is 251 g/mol. The van der Waals surface area contributed by atoms with Crippen LogP contribution in [0.15, 0.2) is 11.6 Å². The third-order valence-corrected chi connectivity index (χ3v) is 3.86. The first kappa shape index (κ1) is 10.7. The first-order valence-corrected chi connectivity index (χ1v) is 6.44. The SMILES string of the molecule is Cc1csc2nc(C(=O)N3CCOCC3)cn12. The zero-order valence-corrected chi connectivity index (χ0v) is 10.4. The maximum absolute atomic E-state index is 12.2. The summed E-state index contributed by atoms with van der Waals surface area (Å²) < 4.78 is 7.19. The molecule has 17 heavy (non-hydrogen) atoms. The molecule has 0 N–H and O–H groups in total. The second kappa shape index (κ2) is 4.12. The van der Waals surface area contributed by atoms with E-state index in [2.05, 4.69) is 4.98 Å². The smallest absolute Gasteiger partial charge is 0.274 e. The Morgan fingerprint density at radius 3 is 2.94 bits per heavy atom. The maximum atomic E-state index is 12.2. The predicted octanol–water partition coefficient (Wildman–Crippen LogP) is 1.18. The lowest BCUT2D eigenvalue weighted by atomic mass is 10.3. The summed E-state index contributed by atoms with van der Waals surface area (Å²) in [4.78, 5) is 19.2. The molecule has 0 atom stereocenters. The van der Waals surface area contributed by atoms with Gasteiger partial charge >= 0.3 is 0 Å². The summed E-state index contributed by atoms with van der Waals surface area (Å²) in [5.41, 5.74) is 1.64.